The van der Waals surface area contributed by atoms with Gasteiger partial charge < -0.3 is 9.80 Å². The Morgan fingerprint density at radius 2 is 1.71 bits per heavy atom. The second-order valence-corrected chi connectivity index (χ2v) is 7.10. The molecular weight excluding hydrogens is 344 g/mol. The Morgan fingerprint density at radius 1 is 0.857 bits per heavy atom. The summed E-state index contributed by atoms with van der Waals surface area (Å²) in [4.78, 5) is 8.21. The zero-order chi connectivity index (χ0) is 19.3. The van der Waals surface area contributed by atoms with Gasteiger partial charge in [-0.1, -0.05) is 42.5 Å². The van der Waals surface area contributed by atoms with Crippen LogP contribution in [0.4, 0.5) is 11.4 Å². The van der Waals surface area contributed by atoms with Crippen LogP contribution in [0.2, 0.25) is 0 Å². The van der Waals surface area contributed by atoms with Crippen molar-refractivity contribution in [2.24, 2.45) is 0 Å². The van der Waals surface area contributed by atoms with E-state index in [0.717, 1.165) is 22.3 Å². The van der Waals surface area contributed by atoms with Gasteiger partial charge in [0.15, 0.2) is 0 Å². The zero-order valence-electron chi connectivity index (χ0n) is 15.8. The number of hydrogen-bond donors (Lipinski definition) is 1. The summed E-state index contributed by atoms with van der Waals surface area (Å²) in [5.41, 5.74) is 5.37. The lowest BCUT2D eigenvalue weighted by atomic mass is 10.0. The first kappa shape index (κ1) is 16.5. The summed E-state index contributed by atoms with van der Waals surface area (Å²) in [6.45, 7) is 0. The van der Waals surface area contributed by atoms with E-state index in [-0.39, 0.29) is 0 Å². The van der Waals surface area contributed by atoms with E-state index in [0.29, 0.717) is 5.96 Å². The molecule has 1 aromatic heterocycles. The summed E-state index contributed by atoms with van der Waals surface area (Å²) in [7, 11) is 3.88. The summed E-state index contributed by atoms with van der Waals surface area (Å²) in [6, 6.07) is 20.7. The second kappa shape index (κ2) is 6.20. The number of rotatable bonds is 2. The van der Waals surface area contributed by atoms with Gasteiger partial charge in [-0.3, -0.25) is 10.4 Å². The van der Waals surface area contributed by atoms with E-state index in [2.05, 4.69) is 53.5 Å². The van der Waals surface area contributed by atoms with Crippen LogP contribution in [0.25, 0.3) is 33.8 Å². The number of nitrogens with one attached hydrogen (secondary N) is 1. The molecule has 0 amide bonds. The van der Waals surface area contributed by atoms with Gasteiger partial charge in [0.1, 0.15) is 0 Å². The maximum atomic E-state index is 8.79. The summed E-state index contributed by atoms with van der Waals surface area (Å²) in [5, 5.41) is 12.4. The smallest absolute Gasteiger partial charge is 0.202 e. The number of aromatic nitrogens is 1. The highest BCUT2D eigenvalue weighted by atomic mass is 15.3. The van der Waals surface area contributed by atoms with E-state index in [4.69, 9.17) is 5.41 Å². The molecule has 0 unspecified atom stereocenters. The van der Waals surface area contributed by atoms with Crippen molar-refractivity contribution in [3.8, 4) is 0 Å². The Bertz CT molecular complexity index is 1270. The van der Waals surface area contributed by atoms with E-state index in [9.17, 15) is 0 Å². The summed E-state index contributed by atoms with van der Waals surface area (Å²) < 4.78 is 0. The molecule has 3 aromatic carbocycles. The molecule has 0 saturated heterocycles. The van der Waals surface area contributed by atoms with E-state index < -0.39 is 0 Å². The quantitative estimate of drug-likeness (QED) is 0.338. The maximum Gasteiger partial charge on any atom is 0.202 e. The molecule has 28 heavy (non-hydrogen) atoms. The molecule has 0 radical (unpaired) electrons. The molecule has 0 spiro atoms. The maximum absolute atomic E-state index is 8.79. The van der Waals surface area contributed by atoms with E-state index in [1.54, 1.807) is 6.20 Å². The van der Waals surface area contributed by atoms with Crippen molar-refractivity contribution in [3.63, 3.8) is 0 Å². The Kier molecular flexibility index (Phi) is 3.66. The third-order valence-corrected chi connectivity index (χ3v) is 5.50. The third-order valence-electron chi connectivity index (χ3n) is 5.50. The van der Waals surface area contributed by atoms with Crippen molar-refractivity contribution in [2.45, 2.75) is 0 Å². The highest BCUT2D eigenvalue weighted by Gasteiger charge is 2.20. The van der Waals surface area contributed by atoms with Crippen LogP contribution < -0.4 is 9.80 Å². The minimum atomic E-state index is 0.414. The first-order valence-electron chi connectivity index (χ1n) is 9.28. The third kappa shape index (κ3) is 2.46. The zero-order valence-corrected chi connectivity index (χ0v) is 15.8. The number of pyridine rings is 1. The van der Waals surface area contributed by atoms with Crippen molar-refractivity contribution < 1.29 is 0 Å². The molecule has 0 aliphatic heterocycles. The number of fused-ring (bicyclic) bond motifs is 1. The predicted molar refractivity (Wildman–Crippen MR) is 119 cm³/mol. The molecule has 4 heteroatoms. The van der Waals surface area contributed by atoms with Crippen LogP contribution in [0.3, 0.4) is 0 Å². The molecule has 5 rings (SSSR count). The van der Waals surface area contributed by atoms with E-state index in [1.165, 1.54) is 21.9 Å². The molecule has 1 heterocycles. The number of hydrogen-bond acceptors (Lipinski definition) is 2. The Balaban J connectivity index is 1.51. The van der Waals surface area contributed by atoms with Gasteiger partial charge in [-0.2, -0.15) is 0 Å². The SMILES string of the molecule is CN(C(=N)N(C)c1ccc2cccc3c2c1C=C3)c1ccc2ncccc2c1. The molecule has 4 aromatic rings. The monoisotopic (exact) mass is 364 g/mol. The van der Waals surface area contributed by atoms with Gasteiger partial charge in [-0.05, 0) is 46.7 Å². The molecule has 1 aliphatic carbocycles. The lowest BCUT2D eigenvalue weighted by Gasteiger charge is -2.29. The molecule has 1 N–H and O–H groups in total. The predicted octanol–water partition coefficient (Wildman–Crippen LogP) is 5.38. The molecule has 0 saturated carbocycles. The summed E-state index contributed by atoms with van der Waals surface area (Å²) in [6.07, 6.45) is 6.10. The van der Waals surface area contributed by atoms with Gasteiger partial charge >= 0.3 is 0 Å². The van der Waals surface area contributed by atoms with Gasteiger partial charge in [0.2, 0.25) is 5.96 Å². The van der Waals surface area contributed by atoms with Crippen molar-refractivity contribution in [1.82, 2.24) is 4.98 Å². The number of benzene rings is 3. The van der Waals surface area contributed by atoms with Crippen LogP contribution in [0.1, 0.15) is 11.1 Å². The van der Waals surface area contributed by atoms with Gasteiger partial charge in [0, 0.05) is 36.9 Å². The number of guanidine groups is 1. The fourth-order valence-electron chi connectivity index (χ4n) is 3.93. The van der Waals surface area contributed by atoms with Crippen molar-refractivity contribution in [3.05, 3.63) is 78.0 Å². The largest absolute Gasteiger partial charge is 0.316 e. The Labute approximate surface area is 163 Å². The number of anilines is 2. The Morgan fingerprint density at radius 3 is 2.61 bits per heavy atom. The first-order valence-corrected chi connectivity index (χ1v) is 9.28. The molecule has 0 atom stereocenters. The van der Waals surface area contributed by atoms with Crippen LogP contribution >= 0.6 is 0 Å². The van der Waals surface area contributed by atoms with E-state index in [1.807, 2.05) is 48.2 Å². The first-order chi connectivity index (χ1) is 13.6. The van der Waals surface area contributed by atoms with E-state index >= 15 is 0 Å². The molecular formula is C24H20N4. The fourth-order valence-corrected chi connectivity index (χ4v) is 3.93. The summed E-state index contributed by atoms with van der Waals surface area (Å²) in [5.74, 6) is 0.414. The lowest BCUT2D eigenvalue weighted by molar-refractivity contribution is 1.12. The topological polar surface area (TPSA) is 43.2 Å². The average molecular weight is 364 g/mol. The molecule has 4 nitrogen and oxygen atoms in total. The second-order valence-electron chi connectivity index (χ2n) is 7.10. The summed E-state index contributed by atoms with van der Waals surface area (Å²) >= 11 is 0. The van der Waals surface area contributed by atoms with Crippen LogP contribution in [0, 0.1) is 5.41 Å². The minimum absolute atomic E-state index is 0.414. The van der Waals surface area contributed by atoms with Gasteiger partial charge in [-0.15, -0.1) is 0 Å². The standard InChI is InChI=1S/C24H20N4/c1-27(19-10-12-21-18(15-19)7-4-14-26-21)24(25)28(2)22-13-9-17-6-3-5-16-8-11-20(22)23(16)17/h3-15,25H,1-2H3. The minimum Gasteiger partial charge on any atom is -0.316 e. The normalized spacial score (nSPS) is 11.9. The molecule has 0 bridgehead atoms. The van der Waals surface area contributed by atoms with Crippen molar-refractivity contribution in [2.75, 3.05) is 23.9 Å². The highest BCUT2D eigenvalue weighted by Crippen LogP contribution is 2.37. The molecule has 1 aliphatic rings. The van der Waals surface area contributed by atoms with Gasteiger partial charge in [0.25, 0.3) is 0 Å². The van der Waals surface area contributed by atoms with Gasteiger partial charge in [-0.25, -0.2) is 0 Å². The van der Waals surface area contributed by atoms with Crippen molar-refractivity contribution >= 4 is 51.2 Å². The van der Waals surface area contributed by atoms with Crippen molar-refractivity contribution in [1.29, 1.82) is 5.41 Å². The Hall–Kier alpha value is -3.66. The van der Waals surface area contributed by atoms with Crippen LogP contribution in [0.15, 0.2) is 66.9 Å². The van der Waals surface area contributed by atoms with Crippen LogP contribution in [-0.4, -0.2) is 25.0 Å². The lowest BCUT2D eigenvalue weighted by Crippen LogP contribution is -2.40. The van der Waals surface area contributed by atoms with Gasteiger partial charge in [0.05, 0.1) is 11.2 Å². The van der Waals surface area contributed by atoms with Crippen LogP contribution in [-0.2, 0) is 0 Å². The molecule has 0 fully saturated rings. The highest BCUT2D eigenvalue weighted by molar-refractivity contribution is 6.13. The average Bonchev–Trinajstić information content (AvgIpc) is 3.18. The number of nitrogens with zero attached hydrogens (tertiary/aromatic N) is 3. The molecule has 136 valence electrons. The van der Waals surface area contributed by atoms with Crippen LogP contribution in [0.5, 0.6) is 0 Å². The fraction of sp³-hybridized carbons (Fsp3) is 0.0833.